The number of hydrogen-bond acceptors (Lipinski definition) is 3. The van der Waals surface area contributed by atoms with Gasteiger partial charge >= 0.3 is 0 Å². The number of aryl methyl sites for hydroxylation is 1. The van der Waals surface area contributed by atoms with E-state index >= 15 is 0 Å². The van der Waals surface area contributed by atoms with Crippen LogP contribution in [0.5, 0.6) is 0 Å². The van der Waals surface area contributed by atoms with E-state index < -0.39 is 0 Å². The number of rotatable bonds is 3. The Kier molecular flexibility index (Phi) is 3.32. The summed E-state index contributed by atoms with van der Waals surface area (Å²) in [6.07, 6.45) is 3.40. The molecule has 4 nitrogen and oxygen atoms in total. The number of benzene rings is 1. The number of nitrogens with zero attached hydrogens (tertiary/aromatic N) is 3. The van der Waals surface area contributed by atoms with Crippen molar-refractivity contribution in [3.8, 4) is 0 Å². The maximum Gasteiger partial charge on any atom is 0.131 e. The van der Waals surface area contributed by atoms with Gasteiger partial charge in [-0.2, -0.15) is 0 Å². The van der Waals surface area contributed by atoms with Gasteiger partial charge < -0.3 is 9.88 Å². The van der Waals surface area contributed by atoms with E-state index in [-0.39, 0.29) is 6.04 Å². The lowest BCUT2D eigenvalue weighted by molar-refractivity contribution is 0.733. The van der Waals surface area contributed by atoms with Gasteiger partial charge in [0.25, 0.3) is 0 Å². The summed E-state index contributed by atoms with van der Waals surface area (Å²) in [7, 11) is 2.02. The molecule has 1 atom stereocenters. The summed E-state index contributed by atoms with van der Waals surface area (Å²) >= 11 is 6.14. The number of fused-ring (bicyclic) bond motifs is 1. The molecule has 1 unspecified atom stereocenters. The summed E-state index contributed by atoms with van der Waals surface area (Å²) in [5.41, 5.74) is 2.93. The van der Waals surface area contributed by atoms with Crippen molar-refractivity contribution in [1.29, 1.82) is 0 Å². The largest absolute Gasteiger partial charge is 0.373 e. The smallest absolute Gasteiger partial charge is 0.131 e. The van der Waals surface area contributed by atoms with Crippen molar-refractivity contribution in [2.45, 2.75) is 13.0 Å². The van der Waals surface area contributed by atoms with Gasteiger partial charge in [0.2, 0.25) is 0 Å². The monoisotopic (exact) mass is 286 g/mol. The highest BCUT2D eigenvalue weighted by Gasteiger charge is 2.15. The Morgan fingerprint density at radius 2 is 2.05 bits per heavy atom. The first-order valence-electron chi connectivity index (χ1n) is 6.44. The second-order valence-corrected chi connectivity index (χ2v) is 5.15. The zero-order chi connectivity index (χ0) is 14.1. The van der Waals surface area contributed by atoms with Crippen LogP contribution in [0.4, 0.5) is 5.69 Å². The second kappa shape index (κ2) is 5.13. The molecule has 0 aliphatic carbocycles. The van der Waals surface area contributed by atoms with Gasteiger partial charge in [0.05, 0.1) is 34.0 Å². The van der Waals surface area contributed by atoms with Crippen molar-refractivity contribution in [3.05, 3.63) is 53.6 Å². The lowest BCUT2D eigenvalue weighted by Gasteiger charge is -2.15. The minimum Gasteiger partial charge on any atom is -0.373 e. The number of hydrogen-bond donors (Lipinski definition) is 1. The van der Waals surface area contributed by atoms with Crippen LogP contribution in [0.15, 0.2) is 42.7 Å². The molecule has 5 heteroatoms. The molecular weight excluding hydrogens is 272 g/mol. The second-order valence-electron chi connectivity index (χ2n) is 4.74. The molecule has 3 rings (SSSR count). The lowest BCUT2D eigenvalue weighted by atomic mass is 10.3. The van der Waals surface area contributed by atoms with E-state index in [0.717, 1.165) is 22.5 Å². The van der Waals surface area contributed by atoms with Crippen LogP contribution in [-0.2, 0) is 7.05 Å². The number of pyridine rings is 1. The van der Waals surface area contributed by atoms with Crippen molar-refractivity contribution >= 4 is 28.3 Å². The Balaban J connectivity index is 1.95. The average Bonchev–Trinajstić information content (AvgIpc) is 2.79. The van der Waals surface area contributed by atoms with Gasteiger partial charge in [-0.3, -0.25) is 4.98 Å². The van der Waals surface area contributed by atoms with Crippen molar-refractivity contribution in [1.82, 2.24) is 14.5 Å². The number of anilines is 1. The predicted octanol–water partition coefficient (Wildman–Crippen LogP) is 3.79. The first-order chi connectivity index (χ1) is 9.66. The number of halogens is 1. The Morgan fingerprint density at radius 3 is 2.80 bits per heavy atom. The quantitative estimate of drug-likeness (QED) is 0.796. The Hall–Kier alpha value is -2.07. The molecule has 0 aliphatic rings. The fourth-order valence-electron chi connectivity index (χ4n) is 2.33. The van der Waals surface area contributed by atoms with Crippen LogP contribution in [0.1, 0.15) is 18.8 Å². The molecule has 0 aliphatic heterocycles. The first kappa shape index (κ1) is 12.9. The molecule has 0 amide bonds. The molecule has 0 radical (unpaired) electrons. The summed E-state index contributed by atoms with van der Waals surface area (Å²) in [5.74, 6) is 0.964. The fraction of sp³-hybridized carbons (Fsp3) is 0.200. The third-order valence-electron chi connectivity index (χ3n) is 3.35. The topological polar surface area (TPSA) is 42.7 Å². The molecule has 0 fully saturated rings. The van der Waals surface area contributed by atoms with Crippen LogP contribution < -0.4 is 5.32 Å². The Labute approximate surface area is 122 Å². The third kappa shape index (κ3) is 2.23. The molecular formula is C15H15ClN4. The molecule has 2 heterocycles. The molecule has 20 heavy (non-hydrogen) atoms. The van der Waals surface area contributed by atoms with E-state index in [1.807, 2.05) is 25.2 Å². The summed E-state index contributed by atoms with van der Waals surface area (Å²) in [5, 5.41) is 4.01. The summed E-state index contributed by atoms with van der Waals surface area (Å²) in [4.78, 5) is 8.76. The predicted molar refractivity (Wildman–Crippen MR) is 82.0 cm³/mol. The number of nitrogens with one attached hydrogen (secondary N) is 1. The zero-order valence-corrected chi connectivity index (χ0v) is 12.1. The fourth-order valence-corrected chi connectivity index (χ4v) is 2.49. The van der Waals surface area contributed by atoms with Gasteiger partial charge in [0.1, 0.15) is 5.82 Å². The van der Waals surface area contributed by atoms with E-state index in [0.29, 0.717) is 5.02 Å². The lowest BCUT2D eigenvalue weighted by Crippen LogP contribution is -2.12. The highest BCUT2D eigenvalue weighted by atomic mass is 35.5. The van der Waals surface area contributed by atoms with Gasteiger partial charge in [-0.05, 0) is 25.1 Å². The molecule has 1 aromatic carbocycles. The zero-order valence-electron chi connectivity index (χ0n) is 11.3. The summed E-state index contributed by atoms with van der Waals surface area (Å²) in [6, 6.07) is 9.90. The maximum absolute atomic E-state index is 6.14. The number of aromatic nitrogens is 3. The van der Waals surface area contributed by atoms with Crippen molar-refractivity contribution in [3.63, 3.8) is 0 Å². The molecule has 0 saturated heterocycles. The van der Waals surface area contributed by atoms with E-state index in [1.54, 1.807) is 18.5 Å². The average molecular weight is 287 g/mol. The van der Waals surface area contributed by atoms with Crippen LogP contribution >= 0.6 is 11.6 Å². The third-order valence-corrected chi connectivity index (χ3v) is 3.68. The molecule has 2 aromatic heterocycles. The van der Waals surface area contributed by atoms with E-state index in [2.05, 4.69) is 32.8 Å². The number of para-hydroxylation sites is 2. The highest BCUT2D eigenvalue weighted by molar-refractivity contribution is 6.33. The standard InChI is InChI=1S/C15H15ClN4/c1-10(18-13-9-17-8-7-11(13)16)15-19-12-5-3-4-6-14(12)20(15)2/h3-10,18H,1-2H3. The summed E-state index contributed by atoms with van der Waals surface area (Å²) in [6.45, 7) is 2.06. The van der Waals surface area contributed by atoms with Crippen molar-refractivity contribution in [2.24, 2.45) is 7.05 Å². The van der Waals surface area contributed by atoms with Gasteiger partial charge in [-0.25, -0.2) is 4.98 Å². The minimum atomic E-state index is 0.0362. The molecule has 0 bridgehead atoms. The Bertz CT molecular complexity index is 750. The van der Waals surface area contributed by atoms with Crippen molar-refractivity contribution < 1.29 is 0 Å². The van der Waals surface area contributed by atoms with Gasteiger partial charge in [-0.1, -0.05) is 23.7 Å². The van der Waals surface area contributed by atoms with Crippen LogP contribution in [0.3, 0.4) is 0 Å². The summed E-state index contributed by atoms with van der Waals surface area (Å²) < 4.78 is 2.09. The molecule has 3 aromatic rings. The maximum atomic E-state index is 6.14. The SMILES string of the molecule is CC(Nc1cnccc1Cl)c1nc2ccccc2n1C. The van der Waals surface area contributed by atoms with E-state index in [9.17, 15) is 0 Å². The van der Waals surface area contributed by atoms with Crippen molar-refractivity contribution in [2.75, 3.05) is 5.32 Å². The molecule has 0 spiro atoms. The molecule has 102 valence electrons. The van der Waals surface area contributed by atoms with Gasteiger partial charge in [0, 0.05) is 13.2 Å². The van der Waals surface area contributed by atoms with Crippen LogP contribution in [0.25, 0.3) is 11.0 Å². The molecule has 1 N–H and O–H groups in total. The van der Waals surface area contributed by atoms with E-state index in [4.69, 9.17) is 11.6 Å². The minimum absolute atomic E-state index is 0.0362. The first-order valence-corrected chi connectivity index (χ1v) is 6.82. The normalized spacial score (nSPS) is 12.6. The van der Waals surface area contributed by atoms with Gasteiger partial charge in [0.15, 0.2) is 0 Å². The van der Waals surface area contributed by atoms with E-state index in [1.165, 1.54) is 0 Å². The van der Waals surface area contributed by atoms with Crippen LogP contribution in [0, 0.1) is 0 Å². The number of imidazole rings is 1. The molecule has 0 saturated carbocycles. The van der Waals surface area contributed by atoms with Crippen LogP contribution in [0.2, 0.25) is 5.02 Å². The highest BCUT2D eigenvalue weighted by Crippen LogP contribution is 2.26. The van der Waals surface area contributed by atoms with Crippen LogP contribution in [-0.4, -0.2) is 14.5 Å². The van der Waals surface area contributed by atoms with Gasteiger partial charge in [-0.15, -0.1) is 0 Å². The Morgan fingerprint density at radius 1 is 1.25 bits per heavy atom.